The molecular weight excluding hydrogens is 842 g/mol. The Morgan fingerprint density at radius 3 is 0.283 bits per heavy atom. The molecule has 0 heterocycles. The molecule has 0 bridgehead atoms. The summed E-state index contributed by atoms with van der Waals surface area (Å²) in [6.07, 6.45) is -4.93. The van der Waals surface area contributed by atoms with Crippen molar-refractivity contribution >= 4 is 674 Å². The van der Waals surface area contributed by atoms with E-state index in [0.29, 0.717) is 0 Å². The quantitative estimate of drug-likeness (QED) is 0.123. The van der Waals surface area contributed by atoms with Crippen LogP contribution in [-0.2, 0) is 19.2 Å². The first-order valence-electron chi connectivity index (χ1n) is 6.21. The molecule has 0 rings (SSSR count). The van der Waals surface area contributed by atoms with Gasteiger partial charge in [-0.05, 0) is 27.7 Å². The Hall–Kier alpha value is 19.7. The second kappa shape index (κ2) is 137. The van der Waals surface area contributed by atoms with Crippen molar-refractivity contribution in [1.29, 1.82) is 0 Å². The second-order valence-electron chi connectivity index (χ2n) is 4.06. The van der Waals surface area contributed by atoms with Crippen LogP contribution in [0.5, 0.6) is 0 Å². The van der Waals surface area contributed by atoms with Gasteiger partial charge < -0.3 is 40.9 Å². The number of carbonyl (C=O) groups is 4. The van der Waals surface area contributed by atoms with Crippen LogP contribution >= 0.6 is 0 Å². The summed E-state index contributed by atoms with van der Waals surface area (Å²) in [4.78, 5) is 37.8. The van der Waals surface area contributed by atoms with E-state index < -0.39 is 48.3 Å². The summed E-state index contributed by atoms with van der Waals surface area (Å²) in [6.45, 7) is 4.79. The normalized spacial score (nSPS) is 7.13. The Morgan fingerprint density at radius 2 is 0.283 bits per heavy atom. The minimum absolute atomic E-state index is 0. The molecule has 0 aliphatic rings. The van der Waals surface area contributed by atoms with Gasteiger partial charge in [0.2, 0.25) is 0 Å². The van der Waals surface area contributed by atoms with Gasteiger partial charge in [-0.1, -0.05) is 0 Å². The SMILES string of the molecule is CC(O)C(=O)O.CC(O)C(=O)O.CC(O)C(=O)O.CC(O)C(=O)O.[NaH].[NaH].[NaH].[NaH].[NaH].[NaH].[NaH].[NaH].[NaH].[NaH].[NaH].[NaH].[NaH].[NaH].[NaH].[NaH].[NaH].[NaH].[NaH].[NaH].[NaH].[NaH]. The molecule has 4 atom stereocenters. The van der Waals surface area contributed by atoms with Crippen molar-refractivity contribution in [3.63, 3.8) is 0 Å². The summed E-state index contributed by atoms with van der Waals surface area (Å²) in [5.41, 5.74) is 0. The molecule has 0 saturated carbocycles. The van der Waals surface area contributed by atoms with Crippen molar-refractivity contribution in [3.8, 4) is 0 Å². The van der Waals surface area contributed by atoms with Crippen molar-refractivity contribution in [3.05, 3.63) is 0 Å². The molecule has 8 N–H and O–H groups in total. The average molecular weight is 888 g/mol. The summed E-state index contributed by atoms with van der Waals surface area (Å²) in [5, 5.41) is 63.1. The molecule has 0 radical (unpaired) electrons. The molecule has 0 aliphatic carbocycles. The third-order valence-electron chi connectivity index (χ3n) is 1.43. The van der Waals surface area contributed by atoms with Gasteiger partial charge in [0.1, 0.15) is 24.4 Å². The minimum atomic E-state index is -1.23. The van der Waals surface area contributed by atoms with Gasteiger partial charge in [-0.15, -0.1) is 0 Å². The number of aliphatic hydroxyl groups is 4. The molecule has 0 aromatic rings. The Morgan fingerprint density at radius 1 is 0.261 bits per heavy atom. The van der Waals surface area contributed by atoms with Gasteiger partial charge in [0.15, 0.2) is 0 Å². The Labute approximate surface area is 762 Å². The molecule has 188 valence electrons. The monoisotopic (exact) mass is 888 g/mol. The van der Waals surface area contributed by atoms with Crippen LogP contribution in [0.2, 0.25) is 0 Å². The fourth-order valence-electron chi connectivity index (χ4n) is 0. The van der Waals surface area contributed by atoms with Crippen LogP contribution in [0, 0.1) is 0 Å². The fraction of sp³-hybridized carbons (Fsp3) is 0.667. The Balaban J connectivity index is -0.00000000417. The average Bonchev–Trinajstić information content (AvgIpc) is 2.40. The molecule has 46 heavy (non-hydrogen) atoms. The Bertz CT molecular complexity index is 346. The van der Waals surface area contributed by atoms with E-state index in [2.05, 4.69) is 0 Å². The maximum absolute atomic E-state index is 9.45. The van der Waals surface area contributed by atoms with E-state index in [1.54, 1.807) is 0 Å². The van der Waals surface area contributed by atoms with Gasteiger partial charge in [0, 0.05) is 0 Å². The van der Waals surface area contributed by atoms with Gasteiger partial charge in [-0.3, -0.25) is 0 Å². The molecule has 4 unspecified atom stereocenters. The molecule has 12 nitrogen and oxygen atoms in total. The predicted octanol–water partition coefficient (Wildman–Crippen LogP) is -16.5. The molecular formula is C12H46Na22O12. The van der Waals surface area contributed by atoms with E-state index in [-0.39, 0.29) is 650 Å². The van der Waals surface area contributed by atoms with Crippen LogP contribution < -0.4 is 0 Å². The van der Waals surface area contributed by atoms with E-state index in [1.165, 1.54) is 27.7 Å². The number of aliphatic carboxylic acids is 4. The molecule has 0 fully saturated rings. The number of carboxylic acids is 4. The number of hydrogen-bond donors (Lipinski definition) is 8. The van der Waals surface area contributed by atoms with Crippen molar-refractivity contribution < 1.29 is 60.0 Å². The number of rotatable bonds is 4. The van der Waals surface area contributed by atoms with Crippen LogP contribution in [0.3, 0.4) is 0 Å². The summed E-state index contributed by atoms with van der Waals surface area (Å²) in [5.74, 6) is -4.74. The predicted molar refractivity (Wildman–Crippen MR) is 235 cm³/mol. The van der Waals surface area contributed by atoms with Crippen LogP contribution in [-0.4, -0.2) is 739 Å². The molecule has 0 amide bonds. The molecule has 0 spiro atoms. The van der Waals surface area contributed by atoms with E-state index in [4.69, 9.17) is 40.9 Å². The standard InChI is InChI=1S/4C3H6O3.22Na.22H/c4*1-2(4)3(5)6;;;;;;;;;;;;;;;;;;;;;;;;;;;;;;;;;;;;;;;;;;;;/h4*2,4H,1H3,(H,5,6);;;;;;;;;;;;;;;;;;;;;;;;;;;;;;;;;;;;;;;;;;;;. The van der Waals surface area contributed by atoms with E-state index >= 15 is 0 Å². The summed E-state index contributed by atoms with van der Waals surface area (Å²) < 4.78 is 0. The first kappa shape index (κ1) is 174. The third kappa shape index (κ3) is 196. The van der Waals surface area contributed by atoms with Crippen LogP contribution in [0.4, 0.5) is 0 Å². The first-order valence-corrected chi connectivity index (χ1v) is 6.21. The number of hydrogen-bond acceptors (Lipinski definition) is 8. The van der Waals surface area contributed by atoms with Gasteiger partial charge in [-0.2, -0.15) is 0 Å². The van der Waals surface area contributed by atoms with E-state index in [1.807, 2.05) is 0 Å². The van der Waals surface area contributed by atoms with Gasteiger partial charge in [-0.25, -0.2) is 19.2 Å². The van der Waals surface area contributed by atoms with Crippen molar-refractivity contribution in [2.75, 3.05) is 0 Å². The van der Waals surface area contributed by atoms with Crippen molar-refractivity contribution in [2.45, 2.75) is 52.1 Å². The molecule has 0 aliphatic heterocycles. The van der Waals surface area contributed by atoms with Crippen LogP contribution in [0.1, 0.15) is 27.7 Å². The van der Waals surface area contributed by atoms with E-state index in [0.717, 1.165) is 0 Å². The zero-order chi connectivity index (χ0) is 20.6. The van der Waals surface area contributed by atoms with Crippen molar-refractivity contribution in [2.24, 2.45) is 0 Å². The molecule has 34 heteroatoms. The van der Waals surface area contributed by atoms with Crippen LogP contribution in [0.25, 0.3) is 0 Å². The van der Waals surface area contributed by atoms with Gasteiger partial charge in [0.25, 0.3) is 0 Å². The molecule has 0 saturated heterocycles. The topological polar surface area (TPSA) is 230 Å². The summed E-state index contributed by atoms with van der Waals surface area (Å²) >= 11 is 0. The van der Waals surface area contributed by atoms with Gasteiger partial charge in [0.05, 0.1) is 0 Å². The zero-order valence-electron chi connectivity index (χ0n) is 13.5. The summed E-state index contributed by atoms with van der Waals surface area (Å²) in [6, 6.07) is 0. The molecule has 0 aromatic carbocycles. The molecule has 0 aromatic heterocycles. The number of carboxylic acid groups (broad SMARTS) is 4. The number of aliphatic hydroxyl groups excluding tert-OH is 4. The Kier molecular flexibility index (Phi) is 521. The van der Waals surface area contributed by atoms with Crippen LogP contribution in [0.15, 0.2) is 0 Å². The van der Waals surface area contributed by atoms with E-state index in [9.17, 15) is 19.2 Å². The fourth-order valence-corrected chi connectivity index (χ4v) is 0. The third-order valence-corrected chi connectivity index (χ3v) is 1.43. The second-order valence-corrected chi connectivity index (χ2v) is 4.06. The summed E-state index contributed by atoms with van der Waals surface area (Å²) in [7, 11) is 0. The van der Waals surface area contributed by atoms with Gasteiger partial charge >= 0.3 is 674 Å². The van der Waals surface area contributed by atoms with Crippen molar-refractivity contribution in [1.82, 2.24) is 0 Å². The maximum atomic E-state index is 9.45. The zero-order valence-corrected chi connectivity index (χ0v) is 13.5. The first-order chi connectivity index (χ1) is 10.6.